The van der Waals surface area contributed by atoms with E-state index in [2.05, 4.69) is 31.1 Å². The predicted octanol–water partition coefficient (Wildman–Crippen LogP) is 6.79. The van der Waals surface area contributed by atoms with Crippen molar-refractivity contribution < 1.29 is 4.74 Å². The molecule has 27 heavy (non-hydrogen) atoms. The van der Waals surface area contributed by atoms with Crippen LogP contribution in [0.25, 0.3) is 0 Å². The molecule has 1 aliphatic carbocycles. The quantitative estimate of drug-likeness (QED) is 0.502. The normalized spacial score (nSPS) is 20.9. The zero-order chi connectivity index (χ0) is 18.5. The van der Waals surface area contributed by atoms with Crippen LogP contribution in [0.4, 0.5) is 0 Å². The van der Waals surface area contributed by atoms with E-state index >= 15 is 0 Å². The van der Waals surface area contributed by atoms with Crippen LogP contribution >= 0.6 is 35.6 Å². The second kappa shape index (κ2) is 10.7. The van der Waals surface area contributed by atoms with Gasteiger partial charge in [-0.05, 0) is 50.2 Å². The second-order valence-electron chi connectivity index (χ2n) is 7.32. The number of nitrogens with zero attached hydrogens (tertiary/aromatic N) is 1. The Morgan fingerprint density at radius 2 is 1.59 bits per heavy atom. The number of rotatable bonds is 6. The van der Waals surface area contributed by atoms with E-state index in [1.54, 1.807) is 0 Å². The molecule has 3 atom stereocenters. The molecule has 0 spiro atoms. The standard InChI is InChI=1S/C22H27Cl2NO.ClH/c1-25(2)22(17-10-4-7-13-20(17)24)18-11-5-8-14-21(18)26-15-16-9-3-6-12-19(16)23;/h3-4,6-7,9-10,12-13,18,21-22H,5,8,11,14-15H2,1-2H3;1H. The van der Waals surface area contributed by atoms with E-state index in [0.29, 0.717) is 12.5 Å². The van der Waals surface area contributed by atoms with Crippen molar-refractivity contribution in [1.29, 1.82) is 0 Å². The Labute approximate surface area is 179 Å². The Bertz CT molecular complexity index is 722. The fourth-order valence-electron chi connectivity index (χ4n) is 4.11. The lowest BCUT2D eigenvalue weighted by Crippen LogP contribution is -2.38. The second-order valence-corrected chi connectivity index (χ2v) is 8.13. The molecule has 3 rings (SSSR count). The molecule has 1 fully saturated rings. The lowest BCUT2D eigenvalue weighted by Gasteiger charge is -2.40. The van der Waals surface area contributed by atoms with Crippen LogP contribution in [-0.4, -0.2) is 25.1 Å². The lowest BCUT2D eigenvalue weighted by molar-refractivity contribution is -0.0463. The van der Waals surface area contributed by atoms with Crippen LogP contribution in [0.1, 0.15) is 42.9 Å². The van der Waals surface area contributed by atoms with Crippen molar-refractivity contribution in [2.45, 2.75) is 44.4 Å². The Kier molecular flexibility index (Phi) is 8.91. The number of ether oxygens (including phenoxy) is 1. The Morgan fingerprint density at radius 3 is 2.26 bits per heavy atom. The van der Waals surface area contributed by atoms with Crippen LogP contribution in [0.3, 0.4) is 0 Å². The van der Waals surface area contributed by atoms with Gasteiger partial charge >= 0.3 is 0 Å². The zero-order valence-corrected chi connectivity index (χ0v) is 18.2. The minimum absolute atomic E-state index is 0. The minimum Gasteiger partial charge on any atom is -0.373 e. The van der Waals surface area contributed by atoms with E-state index < -0.39 is 0 Å². The first-order chi connectivity index (χ1) is 12.6. The predicted molar refractivity (Wildman–Crippen MR) is 117 cm³/mol. The molecule has 1 saturated carbocycles. The average molecular weight is 429 g/mol. The molecule has 1 aliphatic rings. The topological polar surface area (TPSA) is 12.5 Å². The van der Waals surface area contributed by atoms with Gasteiger partial charge in [-0.3, -0.25) is 0 Å². The Balaban J connectivity index is 0.00000261. The Hall–Kier alpha value is -0.770. The molecule has 0 aromatic heterocycles. The fourth-order valence-corrected chi connectivity index (χ4v) is 4.55. The summed E-state index contributed by atoms with van der Waals surface area (Å²) in [5.74, 6) is 0.418. The molecule has 0 amide bonds. The van der Waals surface area contributed by atoms with Gasteiger partial charge in [-0.15, -0.1) is 12.4 Å². The smallest absolute Gasteiger partial charge is 0.0735 e. The van der Waals surface area contributed by atoms with Gasteiger partial charge in [0.25, 0.3) is 0 Å². The third kappa shape index (κ3) is 5.62. The van der Waals surface area contributed by atoms with E-state index in [-0.39, 0.29) is 24.6 Å². The highest BCUT2D eigenvalue weighted by atomic mass is 35.5. The van der Waals surface area contributed by atoms with Crippen LogP contribution in [0.5, 0.6) is 0 Å². The van der Waals surface area contributed by atoms with Crippen molar-refractivity contribution in [3.05, 3.63) is 69.7 Å². The molecule has 5 heteroatoms. The van der Waals surface area contributed by atoms with Crippen molar-refractivity contribution >= 4 is 35.6 Å². The monoisotopic (exact) mass is 427 g/mol. The summed E-state index contributed by atoms with van der Waals surface area (Å²) in [6.45, 7) is 0.559. The molecule has 148 valence electrons. The van der Waals surface area contributed by atoms with E-state index in [4.69, 9.17) is 27.9 Å². The summed E-state index contributed by atoms with van der Waals surface area (Å²) in [7, 11) is 4.27. The lowest BCUT2D eigenvalue weighted by atomic mass is 9.78. The molecule has 0 N–H and O–H groups in total. The first-order valence-electron chi connectivity index (χ1n) is 9.34. The van der Waals surface area contributed by atoms with Gasteiger partial charge in [0.05, 0.1) is 12.7 Å². The number of hydrogen-bond acceptors (Lipinski definition) is 2. The fraction of sp³-hybridized carbons (Fsp3) is 0.455. The molecular weight excluding hydrogens is 401 g/mol. The molecule has 0 bridgehead atoms. The summed E-state index contributed by atoms with van der Waals surface area (Å²) in [5.41, 5.74) is 2.25. The molecule has 0 heterocycles. The highest BCUT2D eigenvalue weighted by Gasteiger charge is 2.35. The number of halogens is 3. The molecular formula is C22H28Cl3NO. The van der Waals surface area contributed by atoms with E-state index in [1.807, 2.05) is 36.4 Å². The van der Waals surface area contributed by atoms with E-state index in [0.717, 1.165) is 28.5 Å². The highest BCUT2D eigenvalue weighted by Crippen LogP contribution is 2.41. The largest absolute Gasteiger partial charge is 0.373 e. The van der Waals surface area contributed by atoms with Crippen LogP contribution in [0.15, 0.2) is 48.5 Å². The molecule has 2 aromatic rings. The van der Waals surface area contributed by atoms with Gasteiger partial charge in [-0.2, -0.15) is 0 Å². The summed E-state index contributed by atoms with van der Waals surface area (Å²) in [5, 5.41) is 1.61. The molecule has 2 nitrogen and oxygen atoms in total. The van der Waals surface area contributed by atoms with Crippen molar-refractivity contribution in [2.24, 2.45) is 5.92 Å². The van der Waals surface area contributed by atoms with Crippen molar-refractivity contribution in [3.63, 3.8) is 0 Å². The maximum absolute atomic E-state index is 6.54. The van der Waals surface area contributed by atoms with Gasteiger partial charge in [0.2, 0.25) is 0 Å². The molecule has 0 saturated heterocycles. The molecule has 0 radical (unpaired) electrons. The molecule has 2 aromatic carbocycles. The molecule has 3 unspecified atom stereocenters. The van der Waals surface area contributed by atoms with Gasteiger partial charge in [-0.25, -0.2) is 0 Å². The summed E-state index contributed by atoms with van der Waals surface area (Å²) in [6.07, 6.45) is 4.91. The average Bonchev–Trinajstić information content (AvgIpc) is 2.63. The highest BCUT2D eigenvalue weighted by molar-refractivity contribution is 6.31. The van der Waals surface area contributed by atoms with Crippen LogP contribution < -0.4 is 0 Å². The maximum Gasteiger partial charge on any atom is 0.0735 e. The SMILES string of the molecule is CN(C)C(c1ccccc1Cl)C1CCCCC1OCc1ccccc1Cl.Cl. The maximum atomic E-state index is 6.54. The van der Waals surface area contributed by atoms with Gasteiger partial charge < -0.3 is 9.64 Å². The molecule has 0 aliphatic heterocycles. The van der Waals surface area contributed by atoms with Crippen molar-refractivity contribution in [3.8, 4) is 0 Å². The zero-order valence-electron chi connectivity index (χ0n) is 15.9. The number of hydrogen-bond donors (Lipinski definition) is 0. The first-order valence-corrected chi connectivity index (χ1v) is 10.1. The van der Waals surface area contributed by atoms with Crippen LogP contribution in [0, 0.1) is 5.92 Å². The van der Waals surface area contributed by atoms with Gasteiger partial charge in [-0.1, -0.05) is 72.4 Å². The van der Waals surface area contributed by atoms with Crippen molar-refractivity contribution in [2.75, 3.05) is 14.1 Å². The van der Waals surface area contributed by atoms with Crippen LogP contribution in [-0.2, 0) is 11.3 Å². The third-order valence-corrected chi connectivity index (χ3v) is 6.06. The van der Waals surface area contributed by atoms with Crippen molar-refractivity contribution in [1.82, 2.24) is 4.90 Å². The van der Waals surface area contributed by atoms with Gasteiger partial charge in [0, 0.05) is 22.0 Å². The van der Waals surface area contributed by atoms with Gasteiger partial charge in [0.1, 0.15) is 0 Å². The summed E-state index contributed by atoms with van der Waals surface area (Å²) in [6, 6.07) is 16.4. The summed E-state index contributed by atoms with van der Waals surface area (Å²) >= 11 is 12.8. The number of benzene rings is 2. The summed E-state index contributed by atoms with van der Waals surface area (Å²) in [4.78, 5) is 2.28. The Morgan fingerprint density at radius 1 is 0.963 bits per heavy atom. The summed E-state index contributed by atoms with van der Waals surface area (Å²) < 4.78 is 6.40. The van der Waals surface area contributed by atoms with Crippen LogP contribution in [0.2, 0.25) is 10.0 Å². The van der Waals surface area contributed by atoms with Gasteiger partial charge in [0.15, 0.2) is 0 Å². The van der Waals surface area contributed by atoms with E-state index in [9.17, 15) is 0 Å². The third-order valence-electron chi connectivity index (χ3n) is 5.35. The van der Waals surface area contributed by atoms with E-state index in [1.165, 1.54) is 18.4 Å². The first kappa shape index (κ1) is 22.5. The minimum atomic E-state index is 0.